The van der Waals surface area contributed by atoms with Crippen LogP contribution in [0.2, 0.25) is 0 Å². The molecule has 0 bridgehead atoms. The summed E-state index contributed by atoms with van der Waals surface area (Å²) < 4.78 is 6.82. The van der Waals surface area contributed by atoms with Crippen molar-refractivity contribution in [2.24, 2.45) is 17.8 Å². The molecule has 40 heavy (non-hydrogen) atoms. The summed E-state index contributed by atoms with van der Waals surface area (Å²) in [6, 6.07) is 0. The molecular formula is C37H67NO2. The topological polar surface area (TPSA) is 41.5 Å². The summed E-state index contributed by atoms with van der Waals surface area (Å²) in [5.74, 6) is 4.05. The van der Waals surface area contributed by atoms with E-state index in [4.69, 9.17) is 4.74 Å². The van der Waals surface area contributed by atoms with Gasteiger partial charge in [0.1, 0.15) is 17.1 Å². The Bertz CT molecular complexity index is 847. The van der Waals surface area contributed by atoms with E-state index in [9.17, 15) is 5.11 Å². The fourth-order valence-corrected chi connectivity index (χ4v) is 6.58. The van der Waals surface area contributed by atoms with Crippen LogP contribution in [-0.4, -0.2) is 17.3 Å². The number of phenols is 1. The van der Waals surface area contributed by atoms with Crippen molar-refractivity contribution in [1.29, 1.82) is 0 Å². The van der Waals surface area contributed by atoms with E-state index in [2.05, 4.69) is 53.8 Å². The number of phenolic OH excluding ortho intramolecular Hbond substituents is 1. The molecule has 0 amide bonds. The van der Waals surface area contributed by atoms with Gasteiger partial charge in [0.15, 0.2) is 0 Å². The van der Waals surface area contributed by atoms with E-state index in [0.717, 1.165) is 72.5 Å². The zero-order valence-electron chi connectivity index (χ0n) is 28.0. The number of benzene rings is 1. The highest BCUT2D eigenvalue weighted by Gasteiger charge is 2.34. The average molecular weight is 558 g/mol. The maximum absolute atomic E-state index is 11.0. The number of aromatic hydroxyl groups is 1. The summed E-state index contributed by atoms with van der Waals surface area (Å²) in [6.45, 7) is 20.1. The van der Waals surface area contributed by atoms with Crippen molar-refractivity contribution >= 4 is 0 Å². The molecule has 1 aromatic rings. The van der Waals surface area contributed by atoms with Crippen LogP contribution in [0.15, 0.2) is 0 Å². The van der Waals surface area contributed by atoms with Gasteiger partial charge in [0, 0.05) is 17.7 Å². The van der Waals surface area contributed by atoms with Gasteiger partial charge in [-0.3, -0.25) is 0 Å². The third-order valence-electron chi connectivity index (χ3n) is 9.72. The fourth-order valence-electron chi connectivity index (χ4n) is 6.58. The quantitative estimate of drug-likeness (QED) is 0.148. The smallest absolute Gasteiger partial charge is 0.127 e. The summed E-state index contributed by atoms with van der Waals surface area (Å²) in [4.78, 5) is 0. The van der Waals surface area contributed by atoms with E-state index >= 15 is 0 Å². The molecule has 2 N–H and O–H groups in total. The Morgan fingerprint density at radius 1 is 0.800 bits per heavy atom. The van der Waals surface area contributed by atoms with Crippen LogP contribution < -0.4 is 10.1 Å². The predicted molar refractivity (Wildman–Crippen MR) is 175 cm³/mol. The molecular weight excluding hydrogens is 490 g/mol. The number of rotatable bonds is 21. The molecule has 2 rings (SSSR count). The van der Waals surface area contributed by atoms with Gasteiger partial charge in [-0.1, -0.05) is 112 Å². The lowest BCUT2D eigenvalue weighted by atomic mass is 9.83. The van der Waals surface area contributed by atoms with Crippen LogP contribution in [0.3, 0.4) is 0 Å². The number of unbranched alkanes of at least 4 members (excludes halogenated alkanes) is 5. The third kappa shape index (κ3) is 11.9. The first-order valence-electron chi connectivity index (χ1n) is 17.3. The first-order valence-corrected chi connectivity index (χ1v) is 17.3. The molecule has 0 aliphatic carbocycles. The summed E-state index contributed by atoms with van der Waals surface area (Å²) in [7, 11) is 0. The zero-order chi connectivity index (χ0) is 29.5. The Morgan fingerprint density at radius 3 is 2.05 bits per heavy atom. The molecule has 3 atom stereocenters. The lowest BCUT2D eigenvalue weighted by Gasteiger charge is -2.38. The molecule has 3 unspecified atom stereocenters. The largest absolute Gasteiger partial charge is 0.507 e. The van der Waals surface area contributed by atoms with E-state index in [-0.39, 0.29) is 5.60 Å². The third-order valence-corrected chi connectivity index (χ3v) is 9.72. The number of fused-ring (bicyclic) bond motifs is 1. The normalized spacial score (nSPS) is 18.5. The Hall–Kier alpha value is -1.22. The van der Waals surface area contributed by atoms with E-state index in [0.29, 0.717) is 5.75 Å². The van der Waals surface area contributed by atoms with Crippen molar-refractivity contribution in [3.05, 3.63) is 22.3 Å². The van der Waals surface area contributed by atoms with Gasteiger partial charge in [0.05, 0.1) is 0 Å². The molecule has 232 valence electrons. The van der Waals surface area contributed by atoms with Crippen LogP contribution in [0.25, 0.3) is 0 Å². The molecule has 3 heteroatoms. The minimum absolute atomic E-state index is 0.102. The lowest BCUT2D eigenvalue weighted by Crippen LogP contribution is -2.37. The van der Waals surface area contributed by atoms with Gasteiger partial charge >= 0.3 is 0 Å². The summed E-state index contributed by atoms with van der Waals surface area (Å²) >= 11 is 0. The van der Waals surface area contributed by atoms with Gasteiger partial charge in [-0.2, -0.15) is 0 Å². The van der Waals surface area contributed by atoms with Crippen LogP contribution in [0.4, 0.5) is 0 Å². The number of nitrogens with one attached hydrogen (secondary N) is 1. The van der Waals surface area contributed by atoms with Crippen LogP contribution in [0.5, 0.6) is 11.5 Å². The van der Waals surface area contributed by atoms with Crippen molar-refractivity contribution in [3.8, 4) is 11.5 Å². The van der Waals surface area contributed by atoms with Gasteiger partial charge in [-0.15, -0.1) is 0 Å². The second-order valence-corrected chi connectivity index (χ2v) is 14.2. The summed E-state index contributed by atoms with van der Waals surface area (Å²) in [5.41, 5.74) is 4.30. The lowest BCUT2D eigenvalue weighted by molar-refractivity contribution is 0.0510. The molecule has 0 saturated carbocycles. The minimum Gasteiger partial charge on any atom is -0.507 e. The van der Waals surface area contributed by atoms with Gasteiger partial charge in [0.2, 0.25) is 0 Å². The molecule has 0 aromatic heterocycles. The highest BCUT2D eigenvalue weighted by molar-refractivity contribution is 5.58. The van der Waals surface area contributed by atoms with Crippen molar-refractivity contribution in [2.75, 3.05) is 6.54 Å². The van der Waals surface area contributed by atoms with Crippen molar-refractivity contribution in [3.63, 3.8) is 0 Å². The van der Waals surface area contributed by atoms with Gasteiger partial charge in [-0.25, -0.2) is 0 Å². The summed E-state index contributed by atoms with van der Waals surface area (Å²) in [6.07, 6.45) is 21.8. The SMILES string of the molecule is CCCCCCCCNCc1c(O)c(C)c(C)c2c1CCC(C)(CCCC(C)CCCC(C)CCCC(C)C)O2. The van der Waals surface area contributed by atoms with Crippen LogP contribution >= 0.6 is 0 Å². The monoisotopic (exact) mass is 558 g/mol. The molecule has 1 heterocycles. The van der Waals surface area contributed by atoms with Crippen molar-refractivity contribution in [2.45, 2.75) is 177 Å². The highest BCUT2D eigenvalue weighted by Crippen LogP contribution is 2.45. The minimum atomic E-state index is -0.102. The number of hydrogen-bond acceptors (Lipinski definition) is 3. The first kappa shape index (κ1) is 35.0. The molecule has 0 saturated heterocycles. The Labute approximate surface area is 249 Å². The van der Waals surface area contributed by atoms with E-state index < -0.39 is 0 Å². The first-order chi connectivity index (χ1) is 19.1. The maximum Gasteiger partial charge on any atom is 0.127 e. The highest BCUT2D eigenvalue weighted by atomic mass is 16.5. The standard InChI is InChI=1S/C37H67NO2/c1-9-10-11-12-13-14-26-38-27-34-33-23-25-37(8,40-36(33)32(7)31(6)35(34)39)24-17-22-30(5)21-16-20-29(4)19-15-18-28(2)3/h28-30,38-39H,9-27H2,1-8H3. The second kappa shape index (κ2) is 18.3. The van der Waals surface area contributed by atoms with Crippen LogP contribution in [0.1, 0.15) is 167 Å². The molecule has 0 radical (unpaired) electrons. The number of ether oxygens (including phenoxy) is 1. The van der Waals surface area contributed by atoms with Gasteiger partial charge in [0.25, 0.3) is 0 Å². The summed E-state index contributed by atoms with van der Waals surface area (Å²) in [5, 5.41) is 14.7. The molecule has 0 fully saturated rings. The van der Waals surface area contributed by atoms with Crippen molar-refractivity contribution < 1.29 is 9.84 Å². The second-order valence-electron chi connectivity index (χ2n) is 14.2. The van der Waals surface area contributed by atoms with Crippen LogP contribution in [0, 0.1) is 31.6 Å². The maximum atomic E-state index is 11.0. The molecule has 3 nitrogen and oxygen atoms in total. The Morgan fingerprint density at radius 2 is 1.40 bits per heavy atom. The molecule has 1 aliphatic rings. The van der Waals surface area contributed by atoms with E-state index in [1.807, 2.05) is 6.92 Å². The average Bonchev–Trinajstić information content (AvgIpc) is 2.90. The van der Waals surface area contributed by atoms with Gasteiger partial charge < -0.3 is 15.2 Å². The fraction of sp³-hybridized carbons (Fsp3) is 0.838. The number of hydrogen-bond donors (Lipinski definition) is 2. The van der Waals surface area contributed by atoms with Gasteiger partial charge in [-0.05, 0) is 88.3 Å². The van der Waals surface area contributed by atoms with Crippen LogP contribution in [-0.2, 0) is 13.0 Å². The molecule has 0 spiro atoms. The Balaban J connectivity index is 1.81. The van der Waals surface area contributed by atoms with Crippen molar-refractivity contribution in [1.82, 2.24) is 5.32 Å². The molecule has 1 aromatic carbocycles. The van der Waals surface area contributed by atoms with E-state index in [1.54, 1.807) is 0 Å². The molecule has 1 aliphatic heterocycles. The zero-order valence-corrected chi connectivity index (χ0v) is 28.0. The van der Waals surface area contributed by atoms with E-state index in [1.165, 1.54) is 95.5 Å². The Kier molecular flexibility index (Phi) is 16.0. The predicted octanol–water partition coefficient (Wildman–Crippen LogP) is 11.0.